The number of anilines is 1. The first-order valence-electron chi connectivity index (χ1n) is 9.11. The van der Waals surface area contributed by atoms with E-state index in [0.717, 1.165) is 10.6 Å². The Labute approximate surface area is 176 Å². The Bertz CT molecular complexity index is 1160. The maximum absolute atomic E-state index is 13.4. The van der Waals surface area contributed by atoms with Gasteiger partial charge >= 0.3 is 0 Å². The van der Waals surface area contributed by atoms with Crippen molar-refractivity contribution < 1.29 is 13.7 Å². The number of thioether (sulfide) groups is 1. The van der Waals surface area contributed by atoms with E-state index in [4.69, 9.17) is 4.52 Å². The highest BCUT2D eigenvalue weighted by molar-refractivity contribution is 7.98. The number of hydrogen-bond acceptors (Lipinski definition) is 6. The lowest BCUT2D eigenvalue weighted by Crippen LogP contribution is -2.14. The number of carbonyl (C=O) groups is 1. The average molecular weight is 420 g/mol. The van der Waals surface area contributed by atoms with Crippen molar-refractivity contribution in [3.63, 3.8) is 0 Å². The summed E-state index contributed by atoms with van der Waals surface area (Å²) >= 11 is 1.47. The van der Waals surface area contributed by atoms with Gasteiger partial charge in [0.05, 0.1) is 11.4 Å². The summed E-state index contributed by atoms with van der Waals surface area (Å²) in [6.45, 7) is 0. The molecule has 0 unspecified atom stereocenters. The maximum atomic E-state index is 13.4. The van der Waals surface area contributed by atoms with Crippen LogP contribution >= 0.6 is 11.8 Å². The molecule has 4 aromatic rings. The Kier molecular flexibility index (Phi) is 5.85. The third kappa shape index (κ3) is 4.38. The number of nitrogens with zero attached hydrogens (tertiary/aromatic N) is 3. The van der Waals surface area contributed by atoms with Crippen LogP contribution in [0.1, 0.15) is 5.56 Å². The number of rotatable bonds is 6. The number of carbonyl (C=O) groups excluding carboxylic acids is 1. The molecule has 6 nitrogen and oxygen atoms in total. The standard InChI is InChI=1S/C22H17FN4O2S/c1-30-18-11-12-24-21(26-18)19-20(15-7-9-16(23)10-8-15)27-29-22(19)25-17(28)13-14-5-3-2-4-6-14/h2-12H,13H2,1H3,(H,25,28). The lowest BCUT2D eigenvalue weighted by molar-refractivity contribution is -0.115. The van der Waals surface area contributed by atoms with Gasteiger partial charge in [-0.1, -0.05) is 35.5 Å². The molecular weight excluding hydrogens is 403 g/mol. The van der Waals surface area contributed by atoms with Crippen LogP contribution in [0.2, 0.25) is 0 Å². The molecular formula is C22H17FN4O2S. The molecule has 0 saturated heterocycles. The molecule has 0 fully saturated rings. The summed E-state index contributed by atoms with van der Waals surface area (Å²) in [6.07, 6.45) is 3.72. The predicted octanol–water partition coefficient (Wildman–Crippen LogP) is 4.84. The molecule has 0 saturated carbocycles. The Balaban J connectivity index is 1.72. The number of hydrogen-bond donors (Lipinski definition) is 1. The number of nitrogens with one attached hydrogen (secondary N) is 1. The molecule has 0 atom stereocenters. The normalized spacial score (nSPS) is 10.7. The van der Waals surface area contributed by atoms with Crippen LogP contribution in [-0.2, 0) is 11.2 Å². The molecule has 2 aromatic heterocycles. The largest absolute Gasteiger partial charge is 0.337 e. The zero-order valence-corrected chi connectivity index (χ0v) is 16.8. The van der Waals surface area contributed by atoms with Crippen molar-refractivity contribution in [3.05, 3.63) is 78.2 Å². The fourth-order valence-electron chi connectivity index (χ4n) is 2.92. The Morgan fingerprint density at radius 1 is 1.10 bits per heavy atom. The SMILES string of the molecule is CSc1ccnc(-c2c(-c3ccc(F)cc3)noc2NC(=O)Cc2ccccc2)n1. The molecule has 8 heteroatoms. The lowest BCUT2D eigenvalue weighted by Gasteiger charge is -2.06. The quantitative estimate of drug-likeness (QED) is 0.355. The van der Waals surface area contributed by atoms with Gasteiger partial charge in [0.25, 0.3) is 0 Å². The van der Waals surface area contributed by atoms with Crippen LogP contribution < -0.4 is 5.32 Å². The van der Waals surface area contributed by atoms with Crippen LogP contribution in [-0.4, -0.2) is 27.3 Å². The van der Waals surface area contributed by atoms with Crippen molar-refractivity contribution in [1.82, 2.24) is 15.1 Å². The van der Waals surface area contributed by atoms with Crippen LogP contribution in [0.25, 0.3) is 22.6 Å². The molecule has 1 N–H and O–H groups in total. The van der Waals surface area contributed by atoms with Crippen molar-refractivity contribution in [2.75, 3.05) is 11.6 Å². The highest BCUT2D eigenvalue weighted by Crippen LogP contribution is 2.36. The molecule has 0 aliphatic rings. The Hall–Kier alpha value is -3.52. The third-order valence-corrected chi connectivity index (χ3v) is 4.98. The van der Waals surface area contributed by atoms with Crippen molar-refractivity contribution in [2.45, 2.75) is 11.4 Å². The lowest BCUT2D eigenvalue weighted by atomic mass is 10.1. The monoisotopic (exact) mass is 420 g/mol. The fourth-order valence-corrected chi connectivity index (χ4v) is 3.29. The van der Waals surface area contributed by atoms with E-state index in [1.807, 2.05) is 36.6 Å². The van der Waals surface area contributed by atoms with Gasteiger partial charge in [-0.25, -0.2) is 14.4 Å². The number of amides is 1. The molecule has 0 spiro atoms. The van der Waals surface area contributed by atoms with E-state index in [1.165, 1.54) is 23.9 Å². The zero-order valence-electron chi connectivity index (χ0n) is 16.0. The smallest absolute Gasteiger partial charge is 0.243 e. The second kappa shape index (κ2) is 8.87. The number of aromatic nitrogens is 3. The highest BCUT2D eigenvalue weighted by atomic mass is 32.2. The van der Waals surface area contributed by atoms with Crippen LogP contribution in [0, 0.1) is 5.82 Å². The molecule has 2 aromatic carbocycles. The first-order valence-corrected chi connectivity index (χ1v) is 10.3. The van der Waals surface area contributed by atoms with E-state index in [0.29, 0.717) is 22.6 Å². The first kappa shape index (κ1) is 19.8. The third-order valence-electron chi connectivity index (χ3n) is 4.33. The van der Waals surface area contributed by atoms with Gasteiger partial charge in [-0.05, 0) is 42.2 Å². The fraction of sp³-hybridized carbons (Fsp3) is 0.0909. The molecule has 30 heavy (non-hydrogen) atoms. The summed E-state index contributed by atoms with van der Waals surface area (Å²) in [6, 6.07) is 17.0. The van der Waals surface area contributed by atoms with Crippen molar-refractivity contribution in [1.29, 1.82) is 0 Å². The van der Waals surface area contributed by atoms with Gasteiger partial charge in [0, 0.05) is 11.8 Å². The predicted molar refractivity (Wildman–Crippen MR) is 113 cm³/mol. The van der Waals surface area contributed by atoms with Gasteiger partial charge in [-0.15, -0.1) is 11.8 Å². The van der Waals surface area contributed by atoms with Gasteiger partial charge in [0.2, 0.25) is 11.8 Å². The molecule has 0 aliphatic heterocycles. The summed E-state index contributed by atoms with van der Waals surface area (Å²) in [5.41, 5.74) is 2.36. The van der Waals surface area contributed by atoms with E-state index in [1.54, 1.807) is 24.4 Å². The molecule has 0 aliphatic carbocycles. The molecule has 0 radical (unpaired) electrons. The van der Waals surface area contributed by atoms with Gasteiger partial charge in [0.15, 0.2) is 5.82 Å². The zero-order chi connectivity index (χ0) is 20.9. The van der Waals surface area contributed by atoms with E-state index in [2.05, 4.69) is 20.4 Å². The molecule has 2 heterocycles. The Morgan fingerprint density at radius 2 is 1.87 bits per heavy atom. The van der Waals surface area contributed by atoms with Crippen LogP contribution in [0.4, 0.5) is 10.3 Å². The highest BCUT2D eigenvalue weighted by Gasteiger charge is 2.23. The summed E-state index contributed by atoms with van der Waals surface area (Å²) < 4.78 is 18.8. The minimum Gasteiger partial charge on any atom is -0.337 e. The van der Waals surface area contributed by atoms with Crippen LogP contribution in [0.15, 0.2) is 76.4 Å². The average Bonchev–Trinajstić information content (AvgIpc) is 3.18. The molecule has 1 amide bonds. The van der Waals surface area contributed by atoms with E-state index < -0.39 is 0 Å². The molecule has 0 bridgehead atoms. The topological polar surface area (TPSA) is 80.9 Å². The van der Waals surface area contributed by atoms with Crippen molar-refractivity contribution >= 4 is 23.6 Å². The minimum absolute atomic E-state index is 0.147. The Morgan fingerprint density at radius 3 is 2.60 bits per heavy atom. The van der Waals surface area contributed by atoms with E-state index in [9.17, 15) is 9.18 Å². The van der Waals surface area contributed by atoms with Crippen molar-refractivity contribution in [2.24, 2.45) is 0 Å². The van der Waals surface area contributed by atoms with Crippen LogP contribution in [0.5, 0.6) is 0 Å². The second-order valence-electron chi connectivity index (χ2n) is 6.38. The number of halogens is 1. The van der Waals surface area contributed by atoms with E-state index >= 15 is 0 Å². The molecule has 4 rings (SSSR count). The van der Waals surface area contributed by atoms with Crippen LogP contribution in [0.3, 0.4) is 0 Å². The minimum atomic E-state index is -0.360. The van der Waals surface area contributed by atoms with Gasteiger partial charge in [-0.3, -0.25) is 10.1 Å². The van der Waals surface area contributed by atoms with Gasteiger partial charge in [0.1, 0.15) is 17.1 Å². The second-order valence-corrected chi connectivity index (χ2v) is 7.20. The molecule has 150 valence electrons. The maximum Gasteiger partial charge on any atom is 0.243 e. The van der Waals surface area contributed by atoms with Gasteiger partial charge in [-0.2, -0.15) is 0 Å². The summed E-state index contributed by atoms with van der Waals surface area (Å²) in [5.74, 6) is -0.114. The van der Waals surface area contributed by atoms with E-state index in [-0.39, 0.29) is 24.0 Å². The summed E-state index contributed by atoms with van der Waals surface area (Å²) in [4.78, 5) is 21.4. The summed E-state index contributed by atoms with van der Waals surface area (Å²) in [7, 11) is 0. The number of benzene rings is 2. The summed E-state index contributed by atoms with van der Waals surface area (Å²) in [5, 5.41) is 7.63. The van der Waals surface area contributed by atoms with Gasteiger partial charge < -0.3 is 4.52 Å². The van der Waals surface area contributed by atoms with Crippen molar-refractivity contribution in [3.8, 4) is 22.6 Å². The first-order chi connectivity index (χ1) is 14.6.